The summed E-state index contributed by atoms with van der Waals surface area (Å²) in [6, 6.07) is 0. The average molecular weight is 207 g/mol. The van der Waals surface area contributed by atoms with E-state index in [1.54, 1.807) is 0 Å². The first-order valence-corrected chi connectivity index (χ1v) is 4.83. The Bertz CT molecular complexity index is 174. The van der Waals surface area contributed by atoms with Crippen LogP contribution in [0.2, 0.25) is 0 Å². The Kier molecular flexibility index (Phi) is 7.39. The molecule has 0 aliphatic heterocycles. The molecule has 2 amide bonds. The number of carbonyl (C=O) groups is 2. The van der Waals surface area contributed by atoms with Gasteiger partial charge in [-0.3, -0.25) is 9.59 Å². The molecule has 0 aliphatic carbocycles. The summed E-state index contributed by atoms with van der Waals surface area (Å²) in [6.45, 7) is 2.71. The molecule has 76 valence electrons. The third-order valence-corrected chi connectivity index (χ3v) is 1.66. The second-order valence-corrected chi connectivity index (χ2v) is 2.88. The molecule has 0 bridgehead atoms. The van der Waals surface area contributed by atoms with E-state index in [0.29, 0.717) is 6.54 Å². The molecule has 0 unspecified atom stereocenters. The van der Waals surface area contributed by atoms with Crippen LogP contribution >= 0.6 is 11.6 Å². The molecular weight excluding hydrogens is 192 g/mol. The fourth-order valence-electron chi connectivity index (χ4n) is 0.693. The number of rotatable bonds is 6. The highest BCUT2D eigenvalue weighted by atomic mass is 35.5. The molecular formula is C8H15ClN2O2. The van der Waals surface area contributed by atoms with Crippen LogP contribution in [-0.2, 0) is 9.59 Å². The lowest BCUT2D eigenvalue weighted by Gasteiger charge is -2.04. The number of unbranched alkanes of at least 4 members (excludes halogenated alkanes) is 1. The maximum Gasteiger partial charge on any atom is 0.239 e. The maximum absolute atomic E-state index is 11.0. The number of hydrogen-bond donors (Lipinski definition) is 2. The van der Waals surface area contributed by atoms with Crippen LogP contribution in [0.1, 0.15) is 19.8 Å². The molecule has 0 aliphatic rings. The first kappa shape index (κ1) is 12.2. The lowest BCUT2D eigenvalue weighted by molar-refractivity contribution is -0.124. The Balaban J connectivity index is 3.35. The molecule has 5 heteroatoms. The quantitative estimate of drug-likeness (QED) is 0.484. The minimum Gasteiger partial charge on any atom is -0.355 e. The lowest BCUT2D eigenvalue weighted by Crippen LogP contribution is -2.37. The van der Waals surface area contributed by atoms with E-state index in [1.165, 1.54) is 0 Å². The maximum atomic E-state index is 11.0. The van der Waals surface area contributed by atoms with Crippen molar-refractivity contribution in [2.45, 2.75) is 19.8 Å². The van der Waals surface area contributed by atoms with Crippen LogP contribution in [0.3, 0.4) is 0 Å². The first-order chi connectivity index (χ1) is 6.20. The molecule has 0 heterocycles. The monoisotopic (exact) mass is 206 g/mol. The van der Waals surface area contributed by atoms with E-state index in [0.717, 1.165) is 12.8 Å². The molecule has 13 heavy (non-hydrogen) atoms. The van der Waals surface area contributed by atoms with Gasteiger partial charge in [0.15, 0.2) is 0 Å². The van der Waals surface area contributed by atoms with Crippen LogP contribution in [0.25, 0.3) is 0 Å². The summed E-state index contributed by atoms with van der Waals surface area (Å²) in [6.07, 6.45) is 1.99. The van der Waals surface area contributed by atoms with Gasteiger partial charge in [-0.05, 0) is 6.42 Å². The predicted molar refractivity (Wildman–Crippen MR) is 51.6 cm³/mol. The van der Waals surface area contributed by atoms with Crippen molar-refractivity contribution in [2.75, 3.05) is 19.0 Å². The summed E-state index contributed by atoms with van der Waals surface area (Å²) in [5, 5.41) is 5.04. The van der Waals surface area contributed by atoms with Gasteiger partial charge in [-0.1, -0.05) is 13.3 Å². The van der Waals surface area contributed by atoms with Gasteiger partial charge in [-0.25, -0.2) is 0 Å². The highest BCUT2D eigenvalue weighted by molar-refractivity contribution is 6.27. The summed E-state index contributed by atoms with van der Waals surface area (Å²) in [7, 11) is 0. The Hall–Kier alpha value is -0.770. The van der Waals surface area contributed by atoms with Gasteiger partial charge in [0, 0.05) is 6.54 Å². The van der Waals surface area contributed by atoms with Crippen LogP contribution < -0.4 is 10.6 Å². The molecule has 0 atom stereocenters. The van der Waals surface area contributed by atoms with E-state index in [1.807, 2.05) is 6.92 Å². The van der Waals surface area contributed by atoms with Gasteiger partial charge < -0.3 is 10.6 Å². The number of hydrogen-bond acceptors (Lipinski definition) is 2. The molecule has 0 rings (SSSR count). The summed E-state index contributed by atoms with van der Waals surface area (Å²) < 4.78 is 0. The van der Waals surface area contributed by atoms with E-state index in [-0.39, 0.29) is 24.2 Å². The van der Waals surface area contributed by atoms with Crippen LogP contribution in [-0.4, -0.2) is 30.8 Å². The van der Waals surface area contributed by atoms with Crippen LogP contribution in [0, 0.1) is 0 Å². The van der Waals surface area contributed by atoms with Crippen LogP contribution in [0.4, 0.5) is 0 Å². The summed E-state index contributed by atoms with van der Waals surface area (Å²) in [5.74, 6) is -0.610. The Labute approximate surface area is 83.0 Å². The average Bonchev–Trinajstić information content (AvgIpc) is 2.14. The minimum atomic E-state index is -0.327. The fraction of sp³-hybridized carbons (Fsp3) is 0.750. The lowest BCUT2D eigenvalue weighted by atomic mass is 10.3. The van der Waals surface area contributed by atoms with Crippen molar-refractivity contribution >= 4 is 23.4 Å². The molecule has 0 radical (unpaired) electrons. The van der Waals surface area contributed by atoms with Gasteiger partial charge in [0.25, 0.3) is 0 Å². The van der Waals surface area contributed by atoms with Gasteiger partial charge in [-0.2, -0.15) is 0 Å². The molecule has 2 N–H and O–H groups in total. The smallest absolute Gasteiger partial charge is 0.239 e. The zero-order valence-corrected chi connectivity index (χ0v) is 8.49. The van der Waals surface area contributed by atoms with Crippen molar-refractivity contribution < 1.29 is 9.59 Å². The van der Waals surface area contributed by atoms with Gasteiger partial charge in [0.1, 0.15) is 5.88 Å². The number of amides is 2. The van der Waals surface area contributed by atoms with Crippen LogP contribution in [0.15, 0.2) is 0 Å². The van der Waals surface area contributed by atoms with E-state index >= 15 is 0 Å². The summed E-state index contributed by atoms with van der Waals surface area (Å²) in [5.41, 5.74) is 0. The number of nitrogens with one attached hydrogen (secondary N) is 2. The summed E-state index contributed by atoms with van der Waals surface area (Å²) >= 11 is 5.22. The highest BCUT2D eigenvalue weighted by Gasteiger charge is 2.02. The van der Waals surface area contributed by atoms with E-state index < -0.39 is 0 Å². The predicted octanol–water partition coefficient (Wildman–Crippen LogP) is 0.258. The standard InChI is InChI=1S/C8H15ClN2O2/c1-2-3-4-10-8(13)6-11-7(12)5-9/h2-6H2,1H3,(H,10,13)(H,11,12). The van der Waals surface area contributed by atoms with E-state index in [2.05, 4.69) is 10.6 Å². The molecule has 0 fully saturated rings. The number of carbonyl (C=O) groups excluding carboxylic acids is 2. The minimum absolute atomic E-state index is 0.00919. The molecule has 0 saturated carbocycles. The third-order valence-electron chi connectivity index (χ3n) is 1.42. The molecule has 0 aromatic rings. The van der Waals surface area contributed by atoms with Crippen molar-refractivity contribution in [3.05, 3.63) is 0 Å². The largest absolute Gasteiger partial charge is 0.355 e. The van der Waals surface area contributed by atoms with Crippen LogP contribution in [0.5, 0.6) is 0 Å². The molecule has 0 aromatic heterocycles. The Morgan fingerprint density at radius 3 is 2.46 bits per heavy atom. The highest BCUT2D eigenvalue weighted by Crippen LogP contribution is 1.81. The van der Waals surface area contributed by atoms with Crippen molar-refractivity contribution in [3.8, 4) is 0 Å². The molecule has 4 nitrogen and oxygen atoms in total. The fourth-order valence-corrected chi connectivity index (χ4v) is 0.788. The van der Waals surface area contributed by atoms with Crippen molar-refractivity contribution in [1.82, 2.24) is 10.6 Å². The molecule has 0 aromatic carbocycles. The number of alkyl halides is 1. The Morgan fingerprint density at radius 1 is 1.23 bits per heavy atom. The molecule has 0 saturated heterocycles. The summed E-state index contributed by atoms with van der Waals surface area (Å²) in [4.78, 5) is 21.6. The molecule has 0 spiro atoms. The Morgan fingerprint density at radius 2 is 1.92 bits per heavy atom. The zero-order chi connectivity index (χ0) is 10.1. The number of halogens is 1. The second kappa shape index (κ2) is 7.86. The van der Waals surface area contributed by atoms with Crippen molar-refractivity contribution in [1.29, 1.82) is 0 Å². The SMILES string of the molecule is CCCCNC(=O)CNC(=O)CCl. The van der Waals surface area contributed by atoms with Gasteiger partial charge in [0.2, 0.25) is 11.8 Å². The normalized spacial score (nSPS) is 9.38. The zero-order valence-electron chi connectivity index (χ0n) is 7.73. The van der Waals surface area contributed by atoms with Crippen molar-refractivity contribution in [2.24, 2.45) is 0 Å². The first-order valence-electron chi connectivity index (χ1n) is 4.30. The van der Waals surface area contributed by atoms with Crippen molar-refractivity contribution in [3.63, 3.8) is 0 Å². The van der Waals surface area contributed by atoms with E-state index in [9.17, 15) is 9.59 Å². The topological polar surface area (TPSA) is 58.2 Å². The third kappa shape index (κ3) is 7.59. The van der Waals surface area contributed by atoms with Gasteiger partial charge in [-0.15, -0.1) is 11.6 Å². The second-order valence-electron chi connectivity index (χ2n) is 2.61. The van der Waals surface area contributed by atoms with Gasteiger partial charge >= 0.3 is 0 Å². The van der Waals surface area contributed by atoms with E-state index in [4.69, 9.17) is 11.6 Å². The van der Waals surface area contributed by atoms with Gasteiger partial charge in [0.05, 0.1) is 6.54 Å².